The number of hydrogen-bond acceptors (Lipinski definition) is 2. The second kappa shape index (κ2) is 7.30. The Kier molecular flexibility index (Phi) is 5.16. The van der Waals surface area contributed by atoms with E-state index in [0.29, 0.717) is 10.6 Å². The van der Waals surface area contributed by atoms with Crippen LogP contribution in [0.15, 0.2) is 70.5 Å². The smallest absolute Gasteiger partial charge is 0.253 e. The van der Waals surface area contributed by atoms with Crippen molar-refractivity contribution in [2.75, 3.05) is 0 Å². The molecule has 116 valence electrons. The van der Waals surface area contributed by atoms with E-state index in [2.05, 4.69) is 21.2 Å². The van der Waals surface area contributed by atoms with Crippen molar-refractivity contribution in [2.45, 2.75) is 6.04 Å². The standard InChI is InChI=1S/C18H13BrClNOS/c19-15-5-2-1-4-14(15)18(22)21-17(16-6-3-11-23-16)12-7-9-13(20)10-8-12/h1-11,17H,(H,21,22). The first-order valence-corrected chi connectivity index (χ1v) is 9.04. The van der Waals surface area contributed by atoms with Crippen molar-refractivity contribution < 1.29 is 4.79 Å². The van der Waals surface area contributed by atoms with E-state index in [9.17, 15) is 4.79 Å². The molecule has 23 heavy (non-hydrogen) atoms. The van der Waals surface area contributed by atoms with Gasteiger partial charge in [0.15, 0.2) is 0 Å². The van der Waals surface area contributed by atoms with Crippen molar-refractivity contribution in [3.05, 3.63) is 91.5 Å². The zero-order valence-corrected chi connectivity index (χ0v) is 15.2. The first-order valence-electron chi connectivity index (χ1n) is 6.99. The van der Waals surface area contributed by atoms with Gasteiger partial charge in [0, 0.05) is 14.4 Å². The number of benzene rings is 2. The van der Waals surface area contributed by atoms with Gasteiger partial charge >= 0.3 is 0 Å². The van der Waals surface area contributed by atoms with Gasteiger partial charge in [0.05, 0.1) is 11.6 Å². The Morgan fingerprint density at radius 1 is 1.04 bits per heavy atom. The van der Waals surface area contributed by atoms with Crippen molar-refractivity contribution in [1.29, 1.82) is 0 Å². The molecule has 3 rings (SSSR count). The van der Waals surface area contributed by atoms with Crippen LogP contribution in [-0.4, -0.2) is 5.91 Å². The highest BCUT2D eigenvalue weighted by molar-refractivity contribution is 9.10. The molecule has 1 amide bonds. The van der Waals surface area contributed by atoms with Crippen LogP contribution in [0.5, 0.6) is 0 Å². The summed E-state index contributed by atoms with van der Waals surface area (Å²) in [6.07, 6.45) is 0. The molecule has 2 nitrogen and oxygen atoms in total. The molecule has 3 aromatic rings. The first kappa shape index (κ1) is 16.2. The Morgan fingerprint density at radius 2 is 1.78 bits per heavy atom. The molecule has 0 fully saturated rings. The maximum absolute atomic E-state index is 12.6. The highest BCUT2D eigenvalue weighted by Crippen LogP contribution is 2.28. The lowest BCUT2D eigenvalue weighted by Crippen LogP contribution is -2.29. The number of thiophene rings is 1. The molecule has 2 aromatic carbocycles. The van der Waals surface area contributed by atoms with E-state index in [-0.39, 0.29) is 11.9 Å². The normalized spacial score (nSPS) is 11.9. The lowest BCUT2D eigenvalue weighted by molar-refractivity contribution is 0.0942. The third-order valence-corrected chi connectivity index (χ3v) is 5.31. The monoisotopic (exact) mass is 405 g/mol. The second-order valence-electron chi connectivity index (χ2n) is 4.95. The summed E-state index contributed by atoms with van der Waals surface area (Å²) in [5, 5.41) is 5.79. The summed E-state index contributed by atoms with van der Waals surface area (Å²) in [4.78, 5) is 13.7. The Balaban J connectivity index is 1.92. The summed E-state index contributed by atoms with van der Waals surface area (Å²) >= 11 is 11.0. The summed E-state index contributed by atoms with van der Waals surface area (Å²) in [6.45, 7) is 0. The summed E-state index contributed by atoms with van der Waals surface area (Å²) in [5.41, 5.74) is 1.61. The maximum atomic E-state index is 12.6. The van der Waals surface area contributed by atoms with E-state index >= 15 is 0 Å². The minimum absolute atomic E-state index is 0.120. The zero-order chi connectivity index (χ0) is 16.2. The molecule has 0 aliphatic rings. The number of amides is 1. The molecule has 0 radical (unpaired) electrons. The molecule has 0 saturated heterocycles. The van der Waals surface area contributed by atoms with Crippen molar-refractivity contribution in [2.24, 2.45) is 0 Å². The third kappa shape index (κ3) is 3.83. The molecular weight excluding hydrogens is 394 g/mol. The van der Waals surface area contributed by atoms with Crippen LogP contribution in [0.1, 0.15) is 26.8 Å². The van der Waals surface area contributed by atoms with E-state index in [1.54, 1.807) is 17.4 Å². The molecular formula is C18H13BrClNOS. The lowest BCUT2D eigenvalue weighted by atomic mass is 10.0. The molecule has 1 N–H and O–H groups in total. The van der Waals surface area contributed by atoms with Crippen LogP contribution in [0.2, 0.25) is 5.02 Å². The van der Waals surface area contributed by atoms with Crippen molar-refractivity contribution >= 4 is 44.8 Å². The summed E-state index contributed by atoms with van der Waals surface area (Å²) in [7, 11) is 0. The van der Waals surface area contributed by atoms with Gasteiger partial charge in [0.25, 0.3) is 5.91 Å². The Bertz CT molecular complexity index is 802. The molecule has 0 saturated carbocycles. The van der Waals surface area contributed by atoms with Crippen LogP contribution in [0, 0.1) is 0 Å². The Labute approximate surface area is 152 Å². The minimum atomic E-state index is -0.202. The van der Waals surface area contributed by atoms with Crippen molar-refractivity contribution in [3.63, 3.8) is 0 Å². The maximum Gasteiger partial charge on any atom is 0.253 e. The number of carbonyl (C=O) groups excluding carboxylic acids is 1. The molecule has 1 unspecified atom stereocenters. The van der Waals surface area contributed by atoms with Gasteiger partial charge in [-0.05, 0) is 57.2 Å². The van der Waals surface area contributed by atoms with Crippen LogP contribution in [0.4, 0.5) is 0 Å². The Hall–Kier alpha value is -1.62. The second-order valence-corrected chi connectivity index (χ2v) is 7.22. The Morgan fingerprint density at radius 3 is 2.43 bits per heavy atom. The third-order valence-electron chi connectivity index (χ3n) is 3.42. The van der Waals surface area contributed by atoms with E-state index in [4.69, 9.17) is 11.6 Å². The van der Waals surface area contributed by atoms with Gasteiger partial charge in [0.2, 0.25) is 0 Å². The largest absolute Gasteiger partial charge is 0.340 e. The molecule has 1 atom stereocenters. The van der Waals surface area contributed by atoms with Gasteiger partial charge in [-0.1, -0.05) is 41.9 Å². The number of nitrogens with one attached hydrogen (secondary N) is 1. The van der Waals surface area contributed by atoms with E-state index < -0.39 is 0 Å². The minimum Gasteiger partial charge on any atom is -0.340 e. The van der Waals surface area contributed by atoms with Crippen LogP contribution in [-0.2, 0) is 0 Å². The number of carbonyl (C=O) groups is 1. The van der Waals surface area contributed by atoms with Gasteiger partial charge in [-0.15, -0.1) is 11.3 Å². The van der Waals surface area contributed by atoms with Gasteiger partial charge in [0.1, 0.15) is 0 Å². The molecule has 1 heterocycles. The molecule has 5 heteroatoms. The van der Waals surface area contributed by atoms with Gasteiger partial charge in [-0.3, -0.25) is 4.79 Å². The molecule has 0 aliphatic heterocycles. The zero-order valence-electron chi connectivity index (χ0n) is 12.0. The lowest BCUT2D eigenvalue weighted by Gasteiger charge is -2.18. The molecule has 0 bridgehead atoms. The van der Waals surface area contributed by atoms with E-state index in [1.165, 1.54) is 0 Å². The van der Waals surface area contributed by atoms with Gasteiger partial charge < -0.3 is 5.32 Å². The predicted octanol–water partition coefficient (Wildman–Crippen LogP) is 5.68. The highest BCUT2D eigenvalue weighted by Gasteiger charge is 2.19. The quantitative estimate of drug-likeness (QED) is 0.593. The van der Waals surface area contributed by atoms with Gasteiger partial charge in [-0.2, -0.15) is 0 Å². The van der Waals surface area contributed by atoms with E-state index in [0.717, 1.165) is 14.9 Å². The topological polar surface area (TPSA) is 29.1 Å². The van der Waals surface area contributed by atoms with Gasteiger partial charge in [-0.25, -0.2) is 0 Å². The van der Waals surface area contributed by atoms with Crippen LogP contribution in [0.3, 0.4) is 0 Å². The highest BCUT2D eigenvalue weighted by atomic mass is 79.9. The summed E-state index contributed by atoms with van der Waals surface area (Å²) in [6, 6.07) is 18.7. The van der Waals surface area contributed by atoms with Crippen molar-refractivity contribution in [3.8, 4) is 0 Å². The number of halogens is 2. The first-order chi connectivity index (χ1) is 11.1. The SMILES string of the molecule is O=C(NC(c1ccc(Cl)cc1)c1cccs1)c1ccccc1Br. The van der Waals surface area contributed by atoms with Crippen molar-refractivity contribution in [1.82, 2.24) is 5.32 Å². The summed E-state index contributed by atoms with van der Waals surface area (Å²) in [5.74, 6) is -0.120. The fraction of sp³-hybridized carbons (Fsp3) is 0.0556. The summed E-state index contributed by atoms with van der Waals surface area (Å²) < 4.78 is 0.776. The average Bonchev–Trinajstić information content (AvgIpc) is 3.08. The molecule has 1 aromatic heterocycles. The average molecular weight is 407 g/mol. The van der Waals surface area contributed by atoms with E-state index in [1.807, 2.05) is 60.0 Å². The number of rotatable bonds is 4. The van der Waals surface area contributed by atoms with Crippen LogP contribution >= 0.6 is 38.9 Å². The van der Waals surface area contributed by atoms with Crippen LogP contribution in [0.25, 0.3) is 0 Å². The molecule has 0 spiro atoms. The fourth-order valence-electron chi connectivity index (χ4n) is 2.28. The number of hydrogen-bond donors (Lipinski definition) is 1. The van der Waals surface area contributed by atoms with Crippen LogP contribution < -0.4 is 5.32 Å². The fourth-order valence-corrected chi connectivity index (χ4v) is 3.68. The molecule has 0 aliphatic carbocycles. The predicted molar refractivity (Wildman–Crippen MR) is 99.2 cm³/mol.